The number of amides is 1. The Balaban J connectivity index is 1.50. The number of rotatable bonds is 5. The van der Waals surface area contributed by atoms with E-state index in [0.717, 1.165) is 11.4 Å². The molecule has 0 bridgehead atoms. The van der Waals surface area contributed by atoms with Crippen molar-refractivity contribution >= 4 is 17.5 Å². The molecule has 4 nitrogen and oxygen atoms in total. The molecule has 7 heteroatoms. The highest BCUT2D eigenvalue weighted by molar-refractivity contribution is 6.31. The van der Waals surface area contributed by atoms with Crippen molar-refractivity contribution in [1.82, 2.24) is 14.9 Å². The Morgan fingerprint density at radius 3 is 2.56 bits per heavy atom. The molecule has 0 unspecified atom stereocenters. The minimum absolute atomic E-state index is 0.0870. The van der Waals surface area contributed by atoms with Gasteiger partial charge in [0.2, 0.25) is 0 Å². The second kappa shape index (κ2) is 8.30. The zero-order valence-corrected chi connectivity index (χ0v) is 16.0. The molecule has 0 N–H and O–H groups in total. The molecule has 3 rings (SSSR count). The highest BCUT2D eigenvalue weighted by atomic mass is 35.5. The lowest BCUT2D eigenvalue weighted by molar-refractivity contribution is 0.0389. The van der Waals surface area contributed by atoms with E-state index in [1.165, 1.54) is 18.2 Å². The van der Waals surface area contributed by atoms with E-state index in [9.17, 15) is 9.18 Å². The van der Waals surface area contributed by atoms with Crippen molar-refractivity contribution < 1.29 is 13.6 Å². The van der Waals surface area contributed by atoms with Gasteiger partial charge in [-0.2, -0.15) is 0 Å². The van der Waals surface area contributed by atoms with Crippen LogP contribution in [0.4, 0.5) is 8.78 Å². The highest BCUT2D eigenvalue weighted by Crippen LogP contribution is 2.32. The van der Waals surface area contributed by atoms with Crippen LogP contribution >= 0.6 is 11.6 Å². The van der Waals surface area contributed by atoms with Gasteiger partial charge < -0.3 is 4.90 Å². The van der Waals surface area contributed by atoms with Crippen LogP contribution in [-0.4, -0.2) is 39.5 Å². The average Bonchev–Trinajstić information content (AvgIpc) is 2.66. The molecule has 0 saturated carbocycles. The van der Waals surface area contributed by atoms with Crippen molar-refractivity contribution in [2.45, 2.75) is 44.7 Å². The first-order valence-electron chi connectivity index (χ1n) is 9.07. The topological polar surface area (TPSA) is 46.1 Å². The number of piperidine rings is 1. The van der Waals surface area contributed by atoms with Gasteiger partial charge in [0, 0.05) is 37.5 Å². The summed E-state index contributed by atoms with van der Waals surface area (Å²) in [5, 5.41) is -0.0870. The van der Waals surface area contributed by atoms with Gasteiger partial charge in [-0.3, -0.25) is 4.79 Å². The van der Waals surface area contributed by atoms with Crippen LogP contribution in [0, 0.1) is 12.7 Å². The van der Waals surface area contributed by atoms with Gasteiger partial charge in [-0.05, 0) is 56.4 Å². The summed E-state index contributed by atoms with van der Waals surface area (Å²) in [6.45, 7) is 2.60. The fourth-order valence-corrected chi connectivity index (χ4v) is 3.46. The second-order valence-corrected chi connectivity index (χ2v) is 7.51. The standard InChI is InChI=1S/C20H22ClF2N3O/c1-14-12-24-18(25-13-14)3-2-6-20(23)7-9-26(10-8-20)19(27)15-4-5-17(22)16(21)11-15/h4-5,11-13H,2-3,6-10H2,1H3. The largest absolute Gasteiger partial charge is 0.338 e. The SMILES string of the molecule is Cc1cnc(CCCC2(F)CCN(C(=O)c3ccc(F)c(Cl)c3)CC2)nc1. The number of nitrogens with zero attached hydrogens (tertiary/aromatic N) is 3. The molecule has 0 spiro atoms. The zero-order chi connectivity index (χ0) is 19.4. The van der Waals surface area contributed by atoms with Crippen LogP contribution < -0.4 is 0 Å². The van der Waals surface area contributed by atoms with Gasteiger partial charge in [0.15, 0.2) is 0 Å². The maximum Gasteiger partial charge on any atom is 0.253 e. The Morgan fingerprint density at radius 1 is 1.26 bits per heavy atom. The zero-order valence-electron chi connectivity index (χ0n) is 15.2. The van der Waals surface area contributed by atoms with Crippen LogP contribution in [0.25, 0.3) is 0 Å². The van der Waals surface area contributed by atoms with E-state index in [-0.39, 0.29) is 10.9 Å². The minimum atomic E-state index is -1.28. The van der Waals surface area contributed by atoms with Crippen LogP contribution in [0.2, 0.25) is 5.02 Å². The predicted octanol–water partition coefficient (Wildman–Crippen LogP) is 4.54. The Labute approximate surface area is 162 Å². The van der Waals surface area contributed by atoms with Gasteiger partial charge >= 0.3 is 0 Å². The first kappa shape index (κ1) is 19.7. The first-order valence-corrected chi connectivity index (χ1v) is 9.45. The number of carbonyl (C=O) groups is 1. The summed E-state index contributed by atoms with van der Waals surface area (Å²) in [7, 11) is 0. The van der Waals surface area contributed by atoms with Crippen molar-refractivity contribution in [2.75, 3.05) is 13.1 Å². The van der Waals surface area contributed by atoms with E-state index in [1.807, 2.05) is 6.92 Å². The molecule has 144 valence electrons. The lowest BCUT2D eigenvalue weighted by atomic mass is 9.88. The molecule has 0 atom stereocenters. The molecule has 2 heterocycles. The molecule has 1 amide bonds. The maximum atomic E-state index is 15.0. The van der Waals surface area contributed by atoms with Crippen LogP contribution in [-0.2, 0) is 6.42 Å². The summed E-state index contributed by atoms with van der Waals surface area (Å²) in [4.78, 5) is 22.6. The summed E-state index contributed by atoms with van der Waals surface area (Å²) in [6, 6.07) is 3.90. The molecule has 2 aromatic rings. The third-order valence-corrected chi connectivity index (χ3v) is 5.26. The van der Waals surface area contributed by atoms with Crippen LogP contribution in [0.15, 0.2) is 30.6 Å². The van der Waals surface area contributed by atoms with Gasteiger partial charge in [-0.25, -0.2) is 18.7 Å². The van der Waals surface area contributed by atoms with Gasteiger partial charge in [0.25, 0.3) is 5.91 Å². The van der Waals surface area contributed by atoms with Crippen molar-refractivity contribution in [3.63, 3.8) is 0 Å². The van der Waals surface area contributed by atoms with E-state index in [4.69, 9.17) is 11.6 Å². The van der Waals surface area contributed by atoms with Crippen molar-refractivity contribution in [3.8, 4) is 0 Å². The Kier molecular flexibility index (Phi) is 6.05. The number of halogens is 3. The highest BCUT2D eigenvalue weighted by Gasteiger charge is 2.35. The third kappa shape index (κ3) is 5.01. The number of hydrogen-bond acceptors (Lipinski definition) is 3. The van der Waals surface area contributed by atoms with Crippen LogP contribution in [0.5, 0.6) is 0 Å². The van der Waals surface area contributed by atoms with Crippen molar-refractivity contribution in [2.24, 2.45) is 0 Å². The summed E-state index contributed by atoms with van der Waals surface area (Å²) >= 11 is 5.74. The fourth-order valence-electron chi connectivity index (χ4n) is 3.28. The predicted molar refractivity (Wildman–Crippen MR) is 100 cm³/mol. The number of alkyl halides is 1. The Morgan fingerprint density at radius 2 is 1.93 bits per heavy atom. The van der Waals surface area contributed by atoms with Crippen LogP contribution in [0.3, 0.4) is 0 Å². The smallest absolute Gasteiger partial charge is 0.253 e. The Bertz CT molecular complexity index is 805. The number of aromatic nitrogens is 2. The number of benzene rings is 1. The van der Waals surface area contributed by atoms with Gasteiger partial charge in [-0.1, -0.05) is 11.6 Å². The molecule has 1 aromatic heterocycles. The maximum absolute atomic E-state index is 15.0. The molecule has 1 saturated heterocycles. The third-order valence-electron chi connectivity index (χ3n) is 4.97. The molecule has 1 aliphatic heterocycles. The molecule has 1 aromatic carbocycles. The average molecular weight is 394 g/mol. The Hall–Kier alpha value is -2.08. The first-order chi connectivity index (χ1) is 12.9. The van der Waals surface area contributed by atoms with E-state index in [0.29, 0.717) is 50.8 Å². The van der Waals surface area contributed by atoms with Gasteiger partial charge in [0.1, 0.15) is 17.3 Å². The molecule has 1 fully saturated rings. The number of likely N-dealkylation sites (tertiary alicyclic amines) is 1. The van der Waals surface area contributed by atoms with Gasteiger partial charge in [-0.15, -0.1) is 0 Å². The van der Waals surface area contributed by atoms with Crippen molar-refractivity contribution in [1.29, 1.82) is 0 Å². The van der Waals surface area contributed by atoms with Crippen molar-refractivity contribution in [3.05, 3.63) is 58.4 Å². The number of hydrogen-bond donors (Lipinski definition) is 0. The second-order valence-electron chi connectivity index (χ2n) is 7.10. The van der Waals surface area contributed by atoms with E-state index in [1.54, 1.807) is 17.3 Å². The molecule has 27 heavy (non-hydrogen) atoms. The lowest BCUT2D eigenvalue weighted by Crippen LogP contribution is -2.44. The summed E-state index contributed by atoms with van der Waals surface area (Å²) in [5.41, 5.74) is 0.0477. The molecule has 0 radical (unpaired) electrons. The van der Waals surface area contributed by atoms with E-state index < -0.39 is 11.5 Å². The fraction of sp³-hybridized carbons (Fsp3) is 0.450. The summed E-state index contributed by atoms with van der Waals surface area (Å²) < 4.78 is 28.3. The van der Waals surface area contributed by atoms with E-state index in [2.05, 4.69) is 9.97 Å². The number of carbonyl (C=O) groups excluding carboxylic acids is 1. The number of aryl methyl sites for hydroxylation is 2. The normalized spacial score (nSPS) is 16.4. The van der Waals surface area contributed by atoms with Crippen LogP contribution in [0.1, 0.15) is 47.4 Å². The molecule has 1 aliphatic rings. The van der Waals surface area contributed by atoms with Gasteiger partial charge in [0.05, 0.1) is 5.02 Å². The monoisotopic (exact) mass is 393 g/mol. The summed E-state index contributed by atoms with van der Waals surface area (Å²) in [6.07, 6.45) is 5.85. The minimum Gasteiger partial charge on any atom is -0.338 e. The van der Waals surface area contributed by atoms with E-state index >= 15 is 4.39 Å². The molecular weight excluding hydrogens is 372 g/mol. The lowest BCUT2D eigenvalue weighted by Gasteiger charge is -2.36. The quantitative estimate of drug-likeness (QED) is 0.748. The molecular formula is C20H22ClF2N3O. The summed E-state index contributed by atoms with van der Waals surface area (Å²) in [5.74, 6) is -0.0794. The molecule has 0 aliphatic carbocycles.